The largest absolute Gasteiger partial charge is 0.329 e. The minimum atomic E-state index is 0.516. The summed E-state index contributed by atoms with van der Waals surface area (Å²) >= 11 is 0. The highest BCUT2D eigenvalue weighted by Crippen LogP contribution is 2.14. The molecule has 5 heteroatoms. The van der Waals surface area contributed by atoms with Gasteiger partial charge >= 0.3 is 0 Å². The van der Waals surface area contributed by atoms with Crippen molar-refractivity contribution in [3.8, 4) is 6.07 Å². The molecule has 2 aromatic carbocycles. The van der Waals surface area contributed by atoms with Crippen LogP contribution in [0.3, 0.4) is 0 Å². The number of likely N-dealkylation sites (tertiary alicyclic amines) is 1. The molecule has 0 amide bonds. The molecule has 5 nitrogen and oxygen atoms in total. The molecule has 0 radical (unpaired) electrons. The predicted octanol–water partition coefficient (Wildman–Crippen LogP) is 3.17. The third kappa shape index (κ3) is 4.66. The van der Waals surface area contributed by atoms with Crippen molar-refractivity contribution in [1.82, 2.24) is 19.8 Å². The maximum Gasteiger partial charge on any atom is 0.0991 e. The maximum absolute atomic E-state index is 8.93. The van der Waals surface area contributed by atoms with Gasteiger partial charge in [0.2, 0.25) is 0 Å². The molecular weight excluding hydrogens is 346 g/mol. The van der Waals surface area contributed by atoms with Crippen LogP contribution < -0.4 is 5.32 Å². The normalized spacial score (nSPS) is 16.9. The summed E-state index contributed by atoms with van der Waals surface area (Å²) in [6.07, 6.45) is 5.00. The van der Waals surface area contributed by atoms with Crippen molar-refractivity contribution < 1.29 is 0 Å². The molecule has 1 aliphatic rings. The molecule has 1 fully saturated rings. The lowest BCUT2D eigenvalue weighted by molar-refractivity contribution is 0.319. The van der Waals surface area contributed by atoms with Crippen molar-refractivity contribution >= 4 is 0 Å². The SMILES string of the molecule is N#Cc1ccc(Cn2cncc2CN[C@H]2CCN(Cc3ccccc3)C2)cc1. The number of benzene rings is 2. The van der Waals surface area contributed by atoms with E-state index in [9.17, 15) is 0 Å². The van der Waals surface area contributed by atoms with E-state index in [0.717, 1.165) is 32.7 Å². The average Bonchev–Trinajstić information content (AvgIpc) is 3.37. The highest BCUT2D eigenvalue weighted by Gasteiger charge is 2.22. The van der Waals surface area contributed by atoms with Crippen LogP contribution >= 0.6 is 0 Å². The van der Waals surface area contributed by atoms with Crippen molar-refractivity contribution in [2.24, 2.45) is 0 Å². The summed E-state index contributed by atoms with van der Waals surface area (Å²) in [6, 6.07) is 21.1. The summed E-state index contributed by atoms with van der Waals surface area (Å²) in [6.45, 7) is 4.83. The lowest BCUT2D eigenvalue weighted by Crippen LogP contribution is -2.32. The van der Waals surface area contributed by atoms with Crippen molar-refractivity contribution in [3.05, 3.63) is 89.5 Å². The van der Waals surface area contributed by atoms with E-state index in [0.29, 0.717) is 11.6 Å². The van der Waals surface area contributed by atoms with Gasteiger partial charge in [0.05, 0.1) is 23.7 Å². The second kappa shape index (κ2) is 8.83. The molecule has 1 aromatic heterocycles. The van der Waals surface area contributed by atoms with E-state index < -0.39 is 0 Å². The van der Waals surface area contributed by atoms with Gasteiger partial charge in [-0.1, -0.05) is 42.5 Å². The van der Waals surface area contributed by atoms with Gasteiger partial charge in [0.15, 0.2) is 0 Å². The Balaban J connectivity index is 1.29. The molecular formula is C23H25N5. The molecule has 1 N–H and O–H groups in total. The summed E-state index contributed by atoms with van der Waals surface area (Å²) in [5.74, 6) is 0. The molecule has 142 valence electrons. The van der Waals surface area contributed by atoms with E-state index in [2.05, 4.69) is 56.2 Å². The first-order valence-corrected chi connectivity index (χ1v) is 9.78. The van der Waals surface area contributed by atoms with Gasteiger partial charge in [-0.2, -0.15) is 5.26 Å². The van der Waals surface area contributed by atoms with Gasteiger partial charge in [0, 0.05) is 45.0 Å². The number of imidazole rings is 1. The molecule has 0 saturated carbocycles. The van der Waals surface area contributed by atoms with E-state index in [-0.39, 0.29) is 0 Å². The number of nitrogens with zero attached hydrogens (tertiary/aromatic N) is 4. The number of nitrogens with one attached hydrogen (secondary N) is 1. The number of aromatic nitrogens is 2. The lowest BCUT2D eigenvalue weighted by atomic mass is 10.1. The Morgan fingerprint density at radius 3 is 2.61 bits per heavy atom. The highest BCUT2D eigenvalue weighted by atomic mass is 15.2. The summed E-state index contributed by atoms with van der Waals surface area (Å²) in [7, 11) is 0. The summed E-state index contributed by atoms with van der Waals surface area (Å²) < 4.78 is 2.17. The minimum Gasteiger partial charge on any atom is -0.329 e. The maximum atomic E-state index is 8.93. The number of rotatable bonds is 7. The van der Waals surface area contributed by atoms with E-state index in [4.69, 9.17) is 5.26 Å². The van der Waals surface area contributed by atoms with Gasteiger partial charge < -0.3 is 9.88 Å². The van der Waals surface area contributed by atoms with Crippen molar-refractivity contribution in [3.63, 3.8) is 0 Å². The van der Waals surface area contributed by atoms with Crippen molar-refractivity contribution in [2.75, 3.05) is 13.1 Å². The highest BCUT2D eigenvalue weighted by molar-refractivity contribution is 5.31. The molecule has 2 heterocycles. The zero-order valence-electron chi connectivity index (χ0n) is 16.0. The molecule has 4 rings (SSSR count). The molecule has 1 atom stereocenters. The molecule has 1 aliphatic heterocycles. The standard InChI is InChI=1S/C23H25N5/c24-12-19-6-8-21(9-7-19)16-28-18-25-13-23(28)14-26-22-10-11-27(17-22)15-20-4-2-1-3-5-20/h1-9,13,18,22,26H,10-11,14-17H2/t22-/m0/s1. The Labute approximate surface area is 166 Å². The molecule has 1 saturated heterocycles. The number of hydrogen-bond donors (Lipinski definition) is 1. The van der Waals surface area contributed by atoms with E-state index >= 15 is 0 Å². The Hall–Kier alpha value is -2.94. The first-order chi connectivity index (χ1) is 13.8. The third-order valence-electron chi connectivity index (χ3n) is 5.33. The monoisotopic (exact) mass is 371 g/mol. The molecule has 28 heavy (non-hydrogen) atoms. The first kappa shape index (κ1) is 18.4. The molecule has 0 unspecified atom stereocenters. The van der Waals surface area contributed by atoms with E-state index in [1.165, 1.54) is 23.2 Å². The second-order valence-electron chi connectivity index (χ2n) is 7.41. The van der Waals surface area contributed by atoms with Gasteiger partial charge in [-0.25, -0.2) is 4.98 Å². The Morgan fingerprint density at radius 2 is 1.82 bits per heavy atom. The Bertz CT molecular complexity index is 924. The van der Waals surface area contributed by atoms with Crippen molar-refractivity contribution in [1.29, 1.82) is 5.26 Å². The molecule has 0 bridgehead atoms. The smallest absolute Gasteiger partial charge is 0.0991 e. The summed E-state index contributed by atoms with van der Waals surface area (Å²) in [5.41, 5.74) is 4.43. The first-order valence-electron chi connectivity index (χ1n) is 9.78. The summed E-state index contributed by atoms with van der Waals surface area (Å²) in [4.78, 5) is 6.84. The molecule has 0 spiro atoms. The van der Waals surface area contributed by atoms with Gasteiger partial charge in [0.1, 0.15) is 0 Å². The van der Waals surface area contributed by atoms with Gasteiger partial charge in [-0.05, 0) is 29.7 Å². The fraction of sp³-hybridized carbons (Fsp3) is 0.304. The fourth-order valence-electron chi connectivity index (χ4n) is 3.75. The van der Waals surface area contributed by atoms with Gasteiger partial charge in [-0.3, -0.25) is 4.90 Å². The van der Waals surface area contributed by atoms with Crippen LogP contribution in [0.2, 0.25) is 0 Å². The number of hydrogen-bond acceptors (Lipinski definition) is 4. The predicted molar refractivity (Wildman–Crippen MR) is 109 cm³/mol. The average molecular weight is 371 g/mol. The lowest BCUT2D eigenvalue weighted by Gasteiger charge is -2.17. The van der Waals surface area contributed by atoms with Crippen LogP contribution in [0.15, 0.2) is 67.1 Å². The second-order valence-corrected chi connectivity index (χ2v) is 7.41. The van der Waals surface area contributed by atoms with Crippen LogP contribution in [-0.2, 0) is 19.6 Å². The third-order valence-corrected chi connectivity index (χ3v) is 5.33. The van der Waals surface area contributed by atoms with Crippen LogP contribution in [-0.4, -0.2) is 33.6 Å². The van der Waals surface area contributed by atoms with Gasteiger partial charge in [-0.15, -0.1) is 0 Å². The van der Waals surface area contributed by atoms with E-state index in [1.807, 2.05) is 36.8 Å². The number of nitriles is 1. The quantitative estimate of drug-likeness (QED) is 0.693. The van der Waals surface area contributed by atoms with Gasteiger partial charge in [0.25, 0.3) is 0 Å². The zero-order chi connectivity index (χ0) is 19.2. The summed E-state index contributed by atoms with van der Waals surface area (Å²) in [5, 5.41) is 12.6. The Kier molecular flexibility index (Phi) is 5.81. The van der Waals surface area contributed by atoms with E-state index in [1.54, 1.807) is 0 Å². The van der Waals surface area contributed by atoms with Crippen LogP contribution in [0.5, 0.6) is 0 Å². The topological polar surface area (TPSA) is 56.9 Å². The van der Waals surface area contributed by atoms with Crippen LogP contribution in [0, 0.1) is 11.3 Å². The van der Waals surface area contributed by atoms with Crippen LogP contribution in [0.25, 0.3) is 0 Å². The minimum absolute atomic E-state index is 0.516. The van der Waals surface area contributed by atoms with Crippen molar-refractivity contribution in [2.45, 2.75) is 32.1 Å². The Morgan fingerprint density at radius 1 is 1.04 bits per heavy atom. The molecule has 3 aromatic rings. The van der Waals surface area contributed by atoms with Crippen LogP contribution in [0.4, 0.5) is 0 Å². The molecule has 0 aliphatic carbocycles. The zero-order valence-corrected chi connectivity index (χ0v) is 16.0. The fourth-order valence-corrected chi connectivity index (χ4v) is 3.75. The van der Waals surface area contributed by atoms with Crippen LogP contribution in [0.1, 0.15) is 28.8 Å².